The summed E-state index contributed by atoms with van der Waals surface area (Å²) >= 11 is 0. The molecule has 0 unspecified atom stereocenters. The average molecular weight is 402 g/mol. The number of benzene rings is 3. The van der Waals surface area contributed by atoms with Gasteiger partial charge in [-0.1, -0.05) is 54.6 Å². The summed E-state index contributed by atoms with van der Waals surface area (Å²) in [6.45, 7) is 8.09. The molecule has 30 heavy (non-hydrogen) atoms. The van der Waals surface area contributed by atoms with Crippen LogP contribution in [0.2, 0.25) is 0 Å². The van der Waals surface area contributed by atoms with Crippen LogP contribution >= 0.6 is 0 Å². The van der Waals surface area contributed by atoms with Crippen molar-refractivity contribution in [1.82, 2.24) is 0 Å². The van der Waals surface area contributed by atoms with E-state index in [9.17, 15) is 4.79 Å². The van der Waals surface area contributed by atoms with E-state index in [4.69, 9.17) is 4.74 Å². The van der Waals surface area contributed by atoms with Gasteiger partial charge in [0.15, 0.2) is 0 Å². The summed E-state index contributed by atoms with van der Waals surface area (Å²) in [5.74, 6) is 1.24. The predicted octanol–water partition coefficient (Wildman–Crippen LogP) is 3.88. The van der Waals surface area contributed by atoms with E-state index in [-0.39, 0.29) is 11.8 Å². The third kappa shape index (κ3) is 3.96. The lowest BCUT2D eigenvalue weighted by Gasteiger charge is -2.32. The first-order chi connectivity index (χ1) is 14.7. The van der Waals surface area contributed by atoms with Crippen LogP contribution in [0.15, 0.2) is 78.9 Å². The maximum atomic E-state index is 14.1. The molecule has 1 aliphatic heterocycles. The zero-order valence-electron chi connectivity index (χ0n) is 17.7. The fourth-order valence-corrected chi connectivity index (χ4v) is 4.18. The highest BCUT2D eigenvalue weighted by molar-refractivity contribution is 6.01. The van der Waals surface area contributed by atoms with Crippen LogP contribution in [-0.2, 0) is 4.79 Å². The Bertz CT molecular complexity index is 953. The van der Waals surface area contributed by atoms with Crippen molar-refractivity contribution in [3.63, 3.8) is 0 Å². The number of para-hydroxylation sites is 3. The second kappa shape index (κ2) is 9.14. The number of carbonyl (C=O) groups is 1. The summed E-state index contributed by atoms with van der Waals surface area (Å²) in [6, 6.07) is 25.8. The quantitative estimate of drug-likeness (QED) is 0.652. The smallest absolute Gasteiger partial charge is 0.239 e. The van der Waals surface area contributed by atoms with Crippen molar-refractivity contribution in [3.8, 4) is 11.5 Å². The molecule has 0 atom stereocenters. The molecule has 4 rings (SSSR count). The van der Waals surface area contributed by atoms with Gasteiger partial charge in [-0.3, -0.25) is 4.79 Å². The Balaban J connectivity index is 1.74. The van der Waals surface area contributed by atoms with E-state index in [2.05, 4.69) is 13.8 Å². The topological polar surface area (TPSA) is 34.0 Å². The molecule has 0 saturated heterocycles. The van der Waals surface area contributed by atoms with Gasteiger partial charge in [-0.2, -0.15) is 0 Å². The van der Waals surface area contributed by atoms with Gasteiger partial charge < -0.3 is 14.5 Å². The first kappa shape index (κ1) is 20.2. The molecule has 0 spiro atoms. The lowest BCUT2D eigenvalue weighted by Crippen LogP contribution is -3.12. The molecular weight excluding hydrogens is 372 g/mol. The van der Waals surface area contributed by atoms with Gasteiger partial charge in [0, 0.05) is 16.8 Å². The molecule has 1 heterocycles. The number of hydrogen-bond acceptors (Lipinski definition) is 2. The number of quaternary nitrogens is 1. The molecule has 0 bridgehead atoms. The van der Waals surface area contributed by atoms with Gasteiger partial charge in [0.2, 0.25) is 5.91 Å². The van der Waals surface area contributed by atoms with Gasteiger partial charge in [0.25, 0.3) is 0 Å². The zero-order valence-corrected chi connectivity index (χ0v) is 17.7. The fraction of sp³-hybridized carbons (Fsp3) is 0.269. The van der Waals surface area contributed by atoms with Gasteiger partial charge in [0.1, 0.15) is 11.5 Å². The van der Waals surface area contributed by atoms with Crippen LogP contribution in [0.1, 0.15) is 30.9 Å². The fourth-order valence-electron chi connectivity index (χ4n) is 4.18. The maximum absolute atomic E-state index is 14.1. The van der Waals surface area contributed by atoms with Crippen molar-refractivity contribution in [2.24, 2.45) is 0 Å². The third-order valence-corrected chi connectivity index (χ3v) is 5.95. The Kier molecular flexibility index (Phi) is 6.15. The van der Waals surface area contributed by atoms with E-state index in [0.717, 1.165) is 47.9 Å². The average Bonchev–Trinajstić information content (AvgIpc) is 2.80. The number of ether oxygens (including phenoxy) is 1. The number of fused-ring (bicyclic) bond motifs is 2. The zero-order chi connectivity index (χ0) is 20.9. The Morgan fingerprint density at radius 2 is 1.37 bits per heavy atom. The molecule has 3 aromatic carbocycles. The van der Waals surface area contributed by atoms with Crippen molar-refractivity contribution < 1.29 is 14.4 Å². The SMILES string of the molecule is CC[NH+](CC)CCN(C(=O)C1c2ccccc2Oc2ccccc21)c1ccccc1. The monoisotopic (exact) mass is 401 g/mol. The molecule has 1 N–H and O–H groups in total. The lowest BCUT2D eigenvalue weighted by molar-refractivity contribution is -0.894. The molecule has 3 aromatic rings. The maximum Gasteiger partial charge on any atom is 0.239 e. The van der Waals surface area contributed by atoms with Crippen molar-refractivity contribution in [1.29, 1.82) is 0 Å². The first-order valence-corrected chi connectivity index (χ1v) is 10.8. The Morgan fingerprint density at radius 1 is 0.833 bits per heavy atom. The molecular formula is C26H29N2O2+. The van der Waals surface area contributed by atoms with Crippen molar-refractivity contribution in [3.05, 3.63) is 90.0 Å². The van der Waals surface area contributed by atoms with Crippen LogP contribution in [-0.4, -0.2) is 32.1 Å². The van der Waals surface area contributed by atoms with Crippen LogP contribution < -0.4 is 14.5 Å². The largest absolute Gasteiger partial charge is 0.457 e. The van der Waals surface area contributed by atoms with Crippen LogP contribution in [0.3, 0.4) is 0 Å². The van der Waals surface area contributed by atoms with E-state index in [1.807, 2.05) is 83.8 Å². The molecule has 0 aromatic heterocycles. The summed E-state index contributed by atoms with van der Waals surface area (Å²) in [5.41, 5.74) is 2.80. The minimum atomic E-state index is -0.377. The molecule has 4 nitrogen and oxygen atoms in total. The van der Waals surface area contributed by atoms with Crippen molar-refractivity contribution >= 4 is 11.6 Å². The number of amides is 1. The number of likely N-dealkylation sites (N-methyl/N-ethyl adjacent to an activating group) is 1. The molecule has 4 heteroatoms. The van der Waals surface area contributed by atoms with E-state index in [1.54, 1.807) is 0 Å². The lowest BCUT2D eigenvalue weighted by atomic mass is 9.86. The predicted molar refractivity (Wildman–Crippen MR) is 121 cm³/mol. The summed E-state index contributed by atoms with van der Waals surface area (Å²) in [5, 5.41) is 0. The summed E-state index contributed by atoms with van der Waals surface area (Å²) in [6.07, 6.45) is 0. The van der Waals surface area contributed by atoms with Crippen molar-refractivity contribution in [2.45, 2.75) is 19.8 Å². The molecule has 0 fully saturated rings. The number of nitrogens with one attached hydrogen (secondary N) is 1. The molecule has 1 aliphatic rings. The summed E-state index contributed by atoms with van der Waals surface area (Å²) < 4.78 is 6.10. The highest BCUT2D eigenvalue weighted by Gasteiger charge is 2.35. The van der Waals surface area contributed by atoms with E-state index >= 15 is 0 Å². The molecule has 0 aliphatic carbocycles. The second-order valence-electron chi connectivity index (χ2n) is 7.64. The van der Waals surface area contributed by atoms with Crippen LogP contribution in [0.25, 0.3) is 0 Å². The number of hydrogen-bond donors (Lipinski definition) is 1. The normalized spacial score (nSPS) is 12.8. The Morgan fingerprint density at radius 3 is 1.93 bits per heavy atom. The van der Waals surface area contributed by atoms with Gasteiger partial charge in [0.05, 0.1) is 32.1 Å². The van der Waals surface area contributed by atoms with E-state index in [1.165, 1.54) is 4.90 Å². The molecule has 0 radical (unpaired) electrons. The number of carbonyl (C=O) groups excluding carboxylic acids is 1. The second-order valence-corrected chi connectivity index (χ2v) is 7.64. The minimum absolute atomic E-state index is 0.0935. The molecule has 154 valence electrons. The van der Waals surface area contributed by atoms with Gasteiger partial charge in [-0.15, -0.1) is 0 Å². The number of nitrogens with zero attached hydrogens (tertiary/aromatic N) is 1. The molecule has 0 saturated carbocycles. The summed E-state index contributed by atoms with van der Waals surface area (Å²) in [4.78, 5) is 17.5. The summed E-state index contributed by atoms with van der Waals surface area (Å²) in [7, 11) is 0. The van der Waals surface area contributed by atoms with Gasteiger partial charge in [-0.05, 0) is 38.1 Å². The van der Waals surface area contributed by atoms with Crippen LogP contribution in [0, 0.1) is 0 Å². The minimum Gasteiger partial charge on any atom is -0.457 e. The van der Waals surface area contributed by atoms with Crippen LogP contribution in [0.5, 0.6) is 11.5 Å². The van der Waals surface area contributed by atoms with E-state index in [0.29, 0.717) is 6.54 Å². The molecule has 1 amide bonds. The highest BCUT2D eigenvalue weighted by Crippen LogP contribution is 2.45. The number of anilines is 1. The first-order valence-electron chi connectivity index (χ1n) is 10.8. The van der Waals surface area contributed by atoms with Gasteiger partial charge in [-0.25, -0.2) is 0 Å². The van der Waals surface area contributed by atoms with E-state index < -0.39 is 0 Å². The van der Waals surface area contributed by atoms with Crippen LogP contribution in [0.4, 0.5) is 5.69 Å². The highest BCUT2D eigenvalue weighted by atomic mass is 16.5. The standard InChI is InChI=1S/C26H28N2O2/c1-3-27(4-2)18-19-28(20-12-6-5-7-13-20)26(29)25-21-14-8-10-16-23(21)30-24-17-11-9-15-22(24)25/h5-17,25H,3-4,18-19H2,1-2H3/p+1. The van der Waals surface area contributed by atoms with Crippen molar-refractivity contribution in [2.75, 3.05) is 31.1 Å². The Hall–Kier alpha value is -3.11. The Labute approximate surface area is 178 Å². The number of rotatable bonds is 7. The van der Waals surface area contributed by atoms with Gasteiger partial charge >= 0.3 is 0 Å². The third-order valence-electron chi connectivity index (χ3n) is 5.95.